The van der Waals surface area contributed by atoms with Crippen molar-refractivity contribution < 1.29 is 23.6 Å². The average molecular weight is 349 g/mol. The zero-order valence-corrected chi connectivity index (χ0v) is 14.9. The van der Waals surface area contributed by atoms with Gasteiger partial charge in [-0.1, -0.05) is 19.0 Å². The molecular formula is C17H23N3O5. The van der Waals surface area contributed by atoms with Crippen molar-refractivity contribution in [2.75, 3.05) is 13.1 Å². The fraction of sp³-hybridized carbons (Fsp3) is 0.647. The number of nitrogens with zero attached hydrogens (tertiary/aromatic N) is 3. The molecule has 0 saturated carbocycles. The zero-order valence-electron chi connectivity index (χ0n) is 14.9. The van der Waals surface area contributed by atoms with Crippen LogP contribution in [0.15, 0.2) is 10.6 Å². The van der Waals surface area contributed by atoms with Crippen LogP contribution in [0.2, 0.25) is 0 Å². The maximum absolute atomic E-state index is 12.7. The Kier molecular flexibility index (Phi) is 4.30. The first kappa shape index (κ1) is 17.4. The van der Waals surface area contributed by atoms with Crippen molar-refractivity contribution in [2.45, 2.75) is 58.1 Å². The van der Waals surface area contributed by atoms with Crippen molar-refractivity contribution in [1.82, 2.24) is 15.0 Å². The third kappa shape index (κ3) is 3.12. The largest absolute Gasteiger partial charge is 0.433 e. The number of amides is 3. The second-order valence-electron chi connectivity index (χ2n) is 7.32. The van der Waals surface area contributed by atoms with Crippen LogP contribution in [0.5, 0.6) is 0 Å². The highest BCUT2D eigenvalue weighted by Crippen LogP contribution is 2.33. The standard InChI is InChI=1S/C17H23N3O5/c1-10(2)13-8-11(18-25-13)12-6-5-7-19(12)14(21)9-20-15(22)17(3,4)24-16(20)23/h8,10,12H,5-7,9H2,1-4H3/t12-/m1/s1. The van der Waals surface area contributed by atoms with Crippen LogP contribution in [-0.2, 0) is 14.3 Å². The second kappa shape index (κ2) is 6.16. The molecule has 1 aromatic rings. The van der Waals surface area contributed by atoms with Crippen LogP contribution in [0.3, 0.4) is 0 Å². The van der Waals surface area contributed by atoms with Gasteiger partial charge in [0, 0.05) is 18.5 Å². The van der Waals surface area contributed by atoms with Gasteiger partial charge in [-0.25, -0.2) is 9.69 Å². The van der Waals surface area contributed by atoms with E-state index in [0.717, 1.165) is 23.5 Å². The van der Waals surface area contributed by atoms with E-state index in [1.807, 2.05) is 19.9 Å². The predicted octanol–water partition coefficient (Wildman–Crippen LogP) is 2.22. The van der Waals surface area contributed by atoms with Gasteiger partial charge < -0.3 is 14.2 Å². The smallest absolute Gasteiger partial charge is 0.418 e. The molecule has 0 spiro atoms. The molecule has 8 nitrogen and oxygen atoms in total. The second-order valence-corrected chi connectivity index (χ2v) is 7.32. The van der Waals surface area contributed by atoms with Gasteiger partial charge in [0.25, 0.3) is 5.91 Å². The molecule has 0 N–H and O–H groups in total. The minimum absolute atomic E-state index is 0.189. The highest BCUT2D eigenvalue weighted by atomic mass is 16.6. The van der Waals surface area contributed by atoms with Gasteiger partial charge >= 0.3 is 6.09 Å². The first-order valence-corrected chi connectivity index (χ1v) is 8.51. The van der Waals surface area contributed by atoms with E-state index in [1.165, 1.54) is 13.8 Å². The molecule has 1 atom stereocenters. The van der Waals surface area contributed by atoms with Crippen LogP contribution in [-0.4, -0.2) is 51.6 Å². The van der Waals surface area contributed by atoms with E-state index in [2.05, 4.69) is 5.16 Å². The lowest BCUT2D eigenvalue weighted by atomic mass is 10.1. The van der Waals surface area contributed by atoms with Gasteiger partial charge in [0.15, 0.2) is 5.60 Å². The maximum atomic E-state index is 12.7. The number of hydrogen-bond acceptors (Lipinski definition) is 6. The number of rotatable bonds is 4. The van der Waals surface area contributed by atoms with E-state index in [4.69, 9.17) is 9.26 Å². The Morgan fingerprint density at radius 1 is 1.40 bits per heavy atom. The van der Waals surface area contributed by atoms with Gasteiger partial charge in [0.2, 0.25) is 5.91 Å². The minimum Gasteiger partial charge on any atom is -0.433 e. The molecule has 0 bridgehead atoms. The lowest BCUT2D eigenvalue weighted by Gasteiger charge is -2.24. The average Bonchev–Trinajstić information content (AvgIpc) is 3.21. The SMILES string of the molecule is CC(C)c1cc([C@H]2CCCN2C(=O)CN2C(=O)OC(C)(C)C2=O)no1. The Morgan fingerprint density at radius 3 is 2.68 bits per heavy atom. The van der Waals surface area contributed by atoms with Gasteiger partial charge in [-0.05, 0) is 26.7 Å². The lowest BCUT2D eigenvalue weighted by molar-refractivity contribution is -0.140. The summed E-state index contributed by atoms with van der Waals surface area (Å²) in [6.07, 6.45) is 0.840. The predicted molar refractivity (Wildman–Crippen MR) is 86.6 cm³/mol. The van der Waals surface area contributed by atoms with Crippen molar-refractivity contribution in [3.8, 4) is 0 Å². The summed E-state index contributed by atoms with van der Waals surface area (Å²) in [6.45, 7) is 7.29. The van der Waals surface area contributed by atoms with E-state index >= 15 is 0 Å². The molecular weight excluding hydrogens is 326 g/mol. The van der Waals surface area contributed by atoms with E-state index < -0.39 is 17.6 Å². The molecule has 2 aliphatic rings. The van der Waals surface area contributed by atoms with Crippen LogP contribution in [0.25, 0.3) is 0 Å². The van der Waals surface area contributed by atoms with Crippen molar-refractivity contribution in [3.05, 3.63) is 17.5 Å². The Hall–Kier alpha value is -2.38. The van der Waals surface area contributed by atoms with Crippen LogP contribution >= 0.6 is 0 Å². The van der Waals surface area contributed by atoms with E-state index in [-0.39, 0.29) is 24.4 Å². The lowest BCUT2D eigenvalue weighted by Crippen LogP contribution is -2.44. The Morgan fingerprint density at radius 2 is 2.12 bits per heavy atom. The number of imide groups is 1. The highest BCUT2D eigenvalue weighted by molar-refractivity contribution is 6.04. The first-order valence-electron chi connectivity index (χ1n) is 8.51. The summed E-state index contributed by atoms with van der Waals surface area (Å²) in [5.41, 5.74) is -0.509. The highest BCUT2D eigenvalue weighted by Gasteiger charge is 2.48. The molecule has 2 aliphatic heterocycles. The number of hydrogen-bond donors (Lipinski definition) is 0. The molecule has 136 valence electrons. The number of aromatic nitrogens is 1. The third-order valence-electron chi connectivity index (χ3n) is 4.65. The van der Waals surface area contributed by atoms with Crippen molar-refractivity contribution in [2.24, 2.45) is 0 Å². The summed E-state index contributed by atoms with van der Waals surface area (Å²) < 4.78 is 10.4. The number of ether oxygens (including phenoxy) is 1. The summed E-state index contributed by atoms with van der Waals surface area (Å²) in [7, 11) is 0. The third-order valence-corrected chi connectivity index (χ3v) is 4.65. The molecule has 0 aromatic carbocycles. The molecule has 2 saturated heterocycles. The molecule has 0 aliphatic carbocycles. The number of cyclic esters (lactones) is 1. The molecule has 0 radical (unpaired) electrons. The summed E-state index contributed by atoms with van der Waals surface area (Å²) in [6, 6.07) is 1.68. The Bertz CT molecular complexity index is 709. The van der Waals surface area contributed by atoms with Crippen LogP contribution in [0.1, 0.15) is 64.0 Å². The summed E-state index contributed by atoms with van der Waals surface area (Å²) in [5, 5.41) is 4.10. The number of likely N-dealkylation sites (tertiary alicyclic amines) is 1. The van der Waals surface area contributed by atoms with Crippen LogP contribution in [0, 0.1) is 0 Å². The van der Waals surface area contributed by atoms with Crippen molar-refractivity contribution >= 4 is 17.9 Å². The molecule has 0 unspecified atom stereocenters. The van der Waals surface area contributed by atoms with Gasteiger partial charge in [0.1, 0.15) is 18.0 Å². The fourth-order valence-corrected chi connectivity index (χ4v) is 3.19. The fourth-order valence-electron chi connectivity index (χ4n) is 3.19. The normalized spacial score (nSPS) is 22.8. The van der Waals surface area contributed by atoms with E-state index in [0.29, 0.717) is 12.2 Å². The van der Waals surface area contributed by atoms with Gasteiger partial charge in [0.05, 0.1) is 6.04 Å². The zero-order chi connectivity index (χ0) is 18.4. The van der Waals surface area contributed by atoms with Gasteiger partial charge in [-0.3, -0.25) is 9.59 Å². The molecule has 3 heterocycles. The van der Waals surface area contributed by atoms with Crippen molar-refractivity contribution in [3.63, 3.8) is 0 Å². The number of carbonyl (C=O) groups is 3. The van der Waals surface area contributed by atoms with Gasteiger partial charge in [-0.2, -0.15) is 0 Å². The van der Waals surface area contributed by atoms with Crippen LogP contribution in [0.4, 0.5) is 4.79 Å². The quantitative estimate of drug-likeness (QED) is 0.827. The van der Waals surface area contributed by atoms with E-state index in [9.17, 15) is 14.4 Å². The molecule has 3 rings (SSSR count). The summed E-state index contributed by atoms with van der Waals surface area (Å²) in [5.74, 6) is 0.199. The molecule has 8 heteroatoms. The maximum Gasteiger partial charge on any atom is 0.418 e. The Balaban J connectivity index is 1.73. The summed E-state index contributed by atoms with van der Waals surface area (Å²) >= 11 is 0. The van der Waals surface area contributed by atoms with Gasteiger partial charge in [-0.15, -0.1) is 0 Å². The van der Waals surface area contributed by atoms with E-state index in [1.54, 1.807) is 4.90 Å². The monoisotopic (exact) mass is 349 g/mol. The topological polar surface area (TPSA) is 93.0 Å². The van der Waals surface area contributed by atoms with Crippen molar-refractivity contribution in [1.29, 1.82) is 0 Å². The molecule has 25 heavy (non-hydrogen) atoms. The first-order chi connectivity index (χ1) is 11.7. The Labute approximate surface area is 146 Å². The number of carbonyl (C=O) groups excluding carboxylic acids is 3. The molecule has 1 aromatic heterocycles. The van der Waals surface area contributed by atoms with Crippen LogP contribution < -0.4 is 0 Å². The summed E-state index contributed by atoms with van der Waals surface area (Å²) in [4.78, 5) is 39.3. The molecule has 3 amide bonds. The minimum atomic E-state index is -1.22. The molecule has 2 fully saturated rings.